The maximum absolute atomic E-state index is 13.8. The average molecular weight is 560 g/mol. The van der Waals surface area contributed by atoms with Crippen LogP contribution in [0.4, 0.5) is 5.69 Å². The number of furan rings is 1. The van der Waals surface area contributed by atoms with E-state index in [1.807, 2.05) is 31.2 Å². The van der Waals surface area contributed by atoms with Gasteiger partial charge in [0.1, 0.15) is 17.3 Å². The molecule has 5 rings (SSSR count). The lowest BCUT2D eigenvalue weighted by Crippen LogP contribution is -2.39. The second-order valence-electron chi connectivity index (χ2n) is 9.06. The number of aryl methyl sites for hydroxylation is 1. The first-order valence-corrected chi connectivity index (χ1v) is 13.2. The molecule has 1 aliphatic rings. The van der Waals surface area contributed by atoms with E-state index >= 15 is 0 Å². The highest BCUT2D eigenvalue weighted by atomic mass is 32.1. The van der Waals surface area contributed by atoms with Crippen molar-refractivity contribution in [1.29, 1.82) is 0 Å². The van der Waals surface area contributed by atoms with Crippen LogP contribution in [0.5, 0.6) is 5.75 Å². The minimum atomic E-state index is -0.716. The van der Waals surface area contributed by atoms with Gasteiger partial charge in [-0.15, -0.1) is 0 Å². The Labute approximate surface area is 232 Å². The van der Waals surface area contributed by atoms with Gasteiger partial charge >= 0.3 is 5.97 Å². The number of carbonyl (C=O) groups is 1. The summed E-state index contributed by atoms with van der Waals surface area (Å²) in [6, 6.07) is 14.6. The van der Waals surface area contributed by atoms with E-state index in [0.717, 1.165) is 22.5 Å². The zero-order valence-electron chi connectivity index (χ0n) is 22.2. The van der Waals surface area contributed by atoms with E-state index in [9.17, 15) is 19.7 Å². The first kappa shape index (κ1) is 26.8. The number of nitro benzene ring substituents is 1. The first-order valence-electron chi connectivity index (χ1n) is 12.4. The van der Waals surface area contributed by atoms with Crippen LogP contribution in [0.25, 0.3) is 17.4 Å². The molecule has 1 atom stereocenters. The van der Waals surface area contributed by atoms with Crippen molar-refractivity contribution in [3.63, 3.8) is 0 Å². The molecule has 0 saturated carbocycles. The van der Waals surface area contributed by atoms with Gasteiger partial charge in [-0.1, -0.05) is 41.2 Å². The van der Waals surface area contributed by atoms with Gasteiger partial charge < -0.3 is 13.9 Å². The van der Waals surface area contributed by atoms with Crippen LogP contribution >= 0.6 is 11.3 Å². The molecular weight excluding hydrogens is 534 g/mol. The highest BCUT2D eigenvalue weighted by molar-refractivity contribution is 7.07. The number of ether oxygens (including phenoxy) is 2. The maximum Gasteiger partial charge on any atom is 0.338 e. The number of hydrogen-bond donors (Lipinski definition) is 0. The van der Waals surface area contributed by atoms with Crippen LogP contribution in [0, 0.1) is 17.0 Å². The van der Waals surface area contributed by atoms with Gasteiger partial charge in [0.25, 0.3) is 11.2 Å². The zero-order valence-corrected chi connectivity index (χ0v) is 23.0. The highest BCUT2D eigenvalue weighted by Gasteiger charge is 2.33. The molecule has 4 aromatic rings. The topological polar surface area (TPSA) is 126 Å². The van der Waals surface area contributed by atoms with Crippen molar-refractivity contribution in [3.8, 4) is 17.1 Å². The van der Waals surface area contributed by atoms with Crippen LogP contribution in [0.1, 0.15) is 36.8 Å². The van der Waals surface area contributed by atoms with Gasteiger partial charge in [0, 0.05) is 6.08 Å². The Morgan fingerprint density at radius 1 is 1.18 bits per heavy atom. The molecule has 0 aliphatic carbocycles. The van der Waals surface area contributed by atoms with Crippen LogP contribution in [-0.2, 0) is 9.53 Å². The fourth-order valence-electron chi connectivity index (χ4n) is 4.56. The van der Waals surface area contributed by atoms with Crippen molar-refractivity contribution >= 4 is 29.1 Å². The molecule has 11 heteroatoms. The van der Waals surface area contributed by atoms with Crippen molar-refractivity contribution in [2.75, 3.05) is 13.7 Å². The third-order valence-electron chi connectivity index (χ3n) is 6.48. The van der Waals surface area contributed by atoms with Gasteiger partial charge in [0.15, 0.2) is 4.80 Å². The molecule has 2 aromatic carbocycles. The molecule has 0 bridgehead atoms. The number of nitrogens with zero attached hydrogens (tertiary/aromatic N) is 3. The molecule has 1 aliphatic heterocycles. The van der Waals surface area contributed by atoms with Crippen LogP contribution in [0.2, 0.25) is 0 Å². The molecule has 3 heterocycles. The average Bonchev–Trinajstić information content (AvgIpc) is 3.52. The van der Waals surface area contributed by atoms with E-state index in [1.54, 1.807) is 44.2 Å². The summed E-state index contributed by atoms with van der Waals surface area (Å²) in [5.74, 6) is 0.425. The second-order valence-corrected chi connectivity index (χ2v) is 10.1. The number of aromatic nitrogens is 1. The maximum atomic E-state index is 13.8. The smallest absolute Gasteiger partial charge is 0.338 e. The summed E-state index contributed by atoms with van der Waals surface area (Å²) in [4.78, 5) is 42.9. The largest absolute Gasteiger partial charge is 0.497 e. The van der Waals surface area contributed by atoms with E-state index in [2.05, 4.69) is 4.99 Å². The molecule has 40 heavy (non-hydrogen) atoms. The van der Waals surface area contributed by atoms with Crippen LogP contribution in [0.15, 0.2) is 80.1 Å². The summed E-state index contributed by atoms with van der Waals surface area (Å²) in [7, 11) is 1.43. The van der Waals surface area contributed by atoms with Crippen LogP contribution in [0.3, 0.4) is 0 Å². The first-order chi connectivity index (χ1) is 19.2. The Morgan fingerprint density at radius 2 is 1.93 bits per heavy atom. The minimum Gasteiger partial charge on any atom is -0.497 e. The number of carbonyl (C=O) groups excluding carboxylic acids is 1. The van der Waals surface area contributed by atoms with E-state index < -0.39 is 16.9 Å². The predicted octanol–water partition coefficient (Wildman–Crippen LogP) is 4.28. The SMILES string of the molecule is CCOC(=O)C1=C(C)N=c2sc(=Cc3ccc(-c4ccc(OC)cc4[N+](=O)[O-])o3)c(=O)n2C1c1ccc(C)cc1. The van der Waals surface area contributed by atoms with Crippen molar-refractivity contribution in [3.05, 3.63) is 113 Å². The van der Waals surface area contributed by atoms with Gasteiger partial charge in [-0.3, -0.25) is 19.5 Å². The second kappa shape index (κ2) is 10.8. The Morgan fingerprint density at radius 3 is 2.60 bits per heavy atom. The summed E-state index contributed by atoms with van der Waals surface area (Å²) in [5, 5.41) is 11.6. The molecule has 1 unspecified atom stereocenters. The molecule has 0 saturated heterocycles. The highest BCUT2D eigenvalue weighted by Crippen LogP contribution is 2.34. The fourth-order valence-corrected chi connectivity index (χ4v) is 5.58. The number of esters is 1. The molecule has 0 fully saturated rings. The third kappa shape index (κ3) is 4.87. The van der Waals surface area contributed by atoms with Crippen LogP contribution < -0.4 is 19.6 Å². The standard InChI is InChI=1S/C29H25N3O7S/c1-5-38-28(34)25-17(3)30-29-31(26(25)18-8-6-16(2)7-9-18)27(33)24(40-29)15-20-11-13-23(39-20)21-12-10-19(37-4)14-22(21)32(35)36/h6-15,26H,5H2,1-4H3. The number of methoxy groups -OCH3 is 1. The molecule has 204 valence electrons. The van der Waals surface area contributed by atoms with Crippen molar-refractivity contribution in [1.82, 2.24) is 4.57 Å². The molecule has 10 nitrogen and oxygen atoms in total. The minimum absolute atomic E-state index is 0.167. The summed E-state index contributed by atoms with van der Waals surface area (Å²) >= 11 is 1.16. The number of fused-ring (bicyclic) bond motifs is 1. The molecule has 2 aromatic heterocycles. The Hall–Kier alpha value is -4.77. The number of rotatable bonds is 7. The van der Waals surface area contributed by atoms with Gasteiger partial charge in [0.2, 0.25) is 0 Å². The van der Waals surface area contributed by atoms with E-state index in [1.165, 1.54) is 17.7 Å². The van der Waals surface area contributed by atoms with Crippen molar-refractivity contribution < 1.29 is 23.6 Å². The normalized spacial score (nSPS) is 15.0. The molecule has 0 spiro atoms. The third-order valence-corrected chi connectivity index (χ3v) is 7.46. The fraction of sp³-hybridized carbons (Fsp3) is 0.207. The van der Waals surface area contributed by atoms with Crippen molar-refractivity contribution in [2.45, 2.75) is 26.8 Å². The summed E-state index contributed by atoms with van der Waals surface area (Å²) in [6.07, 6.45) is 1.57. The lowest BCUT2D eigenvalue weighted by Gasteiger charge is -2.24. The number of hydrogen-bond acceptors (Lipinski definition) is 9. The van der Waals surface area contributed by atoms with E-state index in [0.29, 0.717) is 32.1 Å². The van der Waals surface area contributed by atoms with Crippen LogP contribution in [-0.4, -0.2) is 29.2 Å². The lowest BCUT2D eigenvalue weighted by molar-refractivity contribution is -0.384. The van der Waals surface area contributed by atoms with E-state index in [4.69, 9.17) is 13.9 Å². The van der Waals surface area contributed by atoms with Gasteiger partial charge in [0.05, 0.1) is 52.1 Å². The summed E-state index contributed by atoms with van der Waals surface area (Å²) in [5.41, 5.74) is 2.33. The molecular formula is C29H25N3O7S. The summed E-state index contributed by atoms with van der Waals surface area (Å²) in [6.45, 7) is 5.60. The Bertz CT molecular complexity index is 1850. The van der Waals surface area contributed by atoms with E-state index in [-0.39, 0.29) is 29.2 Å². The number of allylic oxidation sites excluding steroid dienone is 1. The number of nitro groups is 1. The monoisotopic (exact) mass is 559 g/mol. The van der Waals surface area contributed by atoms with Crippen molar-refractivity contribution in [2.24, 2.45) is 4.99 Å². The predicted molar refractivity (Wildman–Crippen MR) is 149 cm³/mol. The molecule has 0 N–H and O–H groups in total. The quantitative estimate of drug-likeness (QED) is 0.188. The Balaban J connectivity index is 1.62. The van der Waals surface area contributed by atoms with Gasteiger partial charge in [-0.05, 0) is 50.6 Å². The van der Waals surface area contributed by atoms with Gasteiger partial charge in [-0.2, -0.15) is 0 Å². The zero-order chi connectivity index (χ0) is 28.6. The molecule has 0 amide bonds. The van der Waals surface area contributed by atoms with Gasteiger partial charge in [-0.25, -0.2) is 9.79 Å². The molecule has 0 radical (unpaired) electrons. The number of thiazole rings is 1. The lowest BCUT2D eigenvalue weighted by atomic mass is 9.95. The Kier molecular flexibility index (Phi) is 7.22. The number of benzene rings is 2. The summed E-state index contributed by atoms with van der Waals surface area (Å²) < 4.78 is 18.2.